The van der Waals surface area contributed by atoms with E-state index in [1.807, 2.05) is 25.1 Å². The number of ether oxygens (including phenoxy) is 1. The van der Waals surface area contributed by atoms with Crippen LogP contribution in [0.4, 0.5) is 0 Å². The Morgan fingerprint density at radius 3 is 2.67 bits per heavy atom. The highest BCUT2D eigenvalue weighted by molar-refractivity contribution is 9.10. The van der Waals surface area contributed by atoms with Gasteiger partial charge in [0.1, 0.15) is 16.7 Å². The number of hydrogen-bond donors (Lipinski definition) is 0. The third-order valence-electron chi connectivity index (χ3n) is 2.45. The molecule has 18 heavy (non-hydrogen) atoms. The number of aryl methyl sites for hydroxylation is 1. The fraction of sp³-hybridized carbons (Fsp3) is 0.231. The molecule has 1 aromatic carbocycles. The van der Waals surface area contributed by atoms with E-state index < -0.39 is 0 Å². The van der Waals surface area contributed by atoms with Crippen molar-refractivity contribution in [1.82, 2.24) is 9.97 Å². The van der Waals surface area contributed by atoms with Gasteiger partial charge in [-0.2, -0.15) is 0 Å². The molecule has 0 saturated heterocycles. The summed E-state index contributed by atoms with van der Waals surface area (Å²) in [5.41, 5.74) is 1.97. The maximum Gasteiger partial charge on any atom is 0.134 e. The Hall–Kier alpha value is -1.13. The standard InChI is InChI=1S/C13H12BrClN2O/c1-8-5-12(15)17-13(16-8)7-9-3-4-11(18-2)10(14)6-9/h3-6H,7H2,1-2H3. The van der Waals surface area contributed by atoms with Crippen LogP contribution in [0.25, 0.3) is 0 Å². The number of rotatable bonds is 3. The summed E-state index contributed by atoms with van der Waals surface area (Å²) in [6, 6.07) is 7.65. The maximum absolute atomic E-state index is 5.91. The quantitative estimate of drug-likeness (QED) is 0.804. The number of halogens is 2. The Labute approximate surface area is 119 Å². The monoisotopic (exact) mass is 326 g/mol. The second kappa shape index (κ2) is 5.67. The fourth-order valence-corrected chi connectivity index (χ4v) is 2.51. The van der Waals surface area contributed by atoms with Gasteiger partial charge in [-0.1, -0.05) is 17.7 Å². The molecule has 2 aromatic rings. The lowest BCUT2D eigenvalue weighted by Gasteiger charge is -2.06. The van der Waals surface area contributed by atoms with Crippen molar-refractivity contribution >= 4 is 27.5 Å². The fourth-order valence-electron chi connectivity index (χ4n) is 1.67. The summed E-state index contributed by atoms with van der Waals surface area (Å²) in [6.45, 7) is 1.90. The van der Waals surface area contributed by atoms with Gasteiger partial charge in [-0.05, 0) is 46.6 Å². The Bertz CT molecular complexity index is 555. The Morgan fingerprint density at radius 2 is 2.06 bits per heavy atom. The number of aromatic nitrogens is 2. The van der Waals surface area contributed by atoms with Crippen LogP contribution in [0.5, 0.6) is 5.75 Å². The van der Waals surface area contributed by atoms with Crippen molar-refractivity contribution in [2.24, 2.45) is 0 Å². The molecule has 94 valence electrons. The van der Waals surface area contributed by atoms with Crippen molar-refractivity contribution in [3.63, 3.8) is 0 Å². The molecule has 0 radical (unpaired) electrons. The Kier molecular flexibility index (Phi) is 4.19. The lowest BCUT2D eigenvalue weighted by molar-refractivity contribution is 0.412. The summed E-state index contributed by atoms with van der Waals surface area (Å²) in [5, 5.41) is 0.477. The van der Waals surface area contributed by atoms with Gasteiger partial charge in [0.25, 0.3) is 0 Å². The molecule has 0 unspecified atom stereocenters. The zero-order chi connectivity index (χ0) is 13.1. The molecule has 0 aliphatic rings. The molecule has 0 saturated carbocycles. The van der Waals surface area contributed by atoms with Gasteiger partial charge in [-0.3, -0.25) is 0 Å². The zero-order valence-electron chi connectivity index (χ0n) is 10.1. The summed E-state index contributed by atoms with van der Waals surface area (Å²) < 4.78 is 6.11. The number of hydrogen-bond acceptors (Lipinski definition) is 3. The maximum atomic E-state index is 5.91. The van der Waals surface area contributed by atoms with Crippen molar-refractivity contribution in [1.29, 1.82) is 0 Å². The molecule has 1 aromatic heterocycles. The van der Waals surface area contributed by atoms with Gasteiger partial charge in [0.15, 0.2) is 0 Å². The largest absolute Gasteiger partial charge is 0.496 e. The van der Waals surface area contributed by atoms with Gasteiger partial charge >= 0.3 is 0 Å². The predicted octanol–water partition coefficient (Wildman–Crippen LogP) is 3.80. The van der Waals surface area contributed by atoms with E-state index in [1.165, 1.54) is 0 Å². The van der Waals surface area contributed by atoms with Crippen LogP contribution in [0.1, 0.15) is 17.1 Å². The van der Waals surface area contributed by atoms with Crippen LogP contribution in [0.15, 0.2) is 28.7 Å². The molecule has 0 atom stereocenters. The molecular formula is C13H12BrClN2O. The van der Waals surface area contributed by atoms with Crippen LogP contribution in [0.2, 0.25) is 5.15 Å². The van der Waals surface area contributed by atoms with Crippen LogP contribution in [-0.4, -0.2) is 17.1 Å². The second-order valence-corrected chi connectivity index (χ2v) is 5.14. The van der Waals surface area contributed by atoms with Crippen LogP contribution in [0, 0.1) is 6.92 Å². The lowest BCUT2D eigenvalue weighted by Crippen LogP contribution is -1.99. The number of benzene rings is 1. The molecule has 2 rings (SSSR count). The van der Waals surface area contributed by atoms with Crippen molar-refractivity contribution < 1.29 is 4.74 Å². The molecule has 0 spiro atoms. The summed E-state index contributed by atoms with van der Waals surface area (Å²) in [5.74, 6) is 1.53. The van der Waals surface area contributed by atoms with E-state index in [2.05, 4.69) is 25.9 Å². The highest BCUT2D eigenvalue weighted by Crippen LogP contribution is 2.26. The highest BCUT2D eigenvalue weighted by atomic mass is 79.9. The average molecular weight is 328 g/mol. The van der Waals surface area contributed by atoms with E-state index >= 15 is 0 Å². The first-order chi connectivity index (χ1) is 8.58. The van der Waals surface area contributed by atoms with Gasteiger partial charge in [-0.15, -0.1) is 0 Å². The van der Waals surface area contributed by atoms with Crippen LogP contribution < -0.4 is 4.74 Å². The first-order valence-electron chi connectivity index (χ1n) is 5.41. The second-order valence-electron chi connectivity index (χ2n) is 3.89. The minimum atomic E-state index is 0.477. The third kappa shape index (κ3) is 3.21. The van der Waals surface area contributed by atoms with E-state index in [-0.39, 0.29) is 0 Å². The summed E-state index contributed by atoms with van der Waals surface area (Å²) in [6.07, 6.45) is 0.643. The molecule has 0 fully saturated rings. The van der Waals surface area contributed by atoms with Crippen molar-refractivity contribution in [3.8, 4) is 5.75 Å². The molecule has 0 aliphatic carbocycles. The van der Waals surface area contributed by atoms with E-state index in [0.717, 1.165) is 27.3 Å². The van der Waals surface area contributed by atoms with Crippen molar-refractivity contribution in [2.45, 2.75) is 13.3 Å². The van der Waals surface area contributed by atoms with Gasteiger partial charge < -0.3 is 4.74 Å². The summed E-state index contributed by atoms with van der Waals surface area (Å²) in [4.78, 5) is 8.57. The summed E-state index contributed by atoms with van der Waals surface area (Å²) in [7, 11) is 1.64. The summed E-state index contributed by atoms with van der Waals surface area (Å²) >= 11 is 9.37. The predicted molar refractivity (Wildman–Crippen MR) is 75.3 cm³/mol. The minimum Gasteiger partial charge on any atom is -0.496 e. The smallest absolute Gasteiger partial charge is 0.134 e. The lowest BCUT2D eigenvalue weighted by atomic mass is 10.1. The Balaban J connectivity index is 2.25. The highest BCUT2D eigenvalue weighted by Gasteiger charge is 2.05. The molecule has 3 nitrogen and oxygen atoms in total. The van der Waals surface area contributed by atoms with Gasteiger partial charge in [0, 0.05) is 12.1 Å². The molecule has 0 aliphatic heterocycles. The first-order valence-corrected chi connectivity index (χ1v) is 6.58. The average Bonchev–Trinajstić information content (AvgIpc) is 2.27. The molecule has 0 amide bonds. The van der Waals surface area contributed by atoms with Gasteiger partial charge in [0.05, 0.1) is 11.6 Å². The van der Waals surface area contributed by atoms with E-state index in [0.29, 0.717) is 11.6 Å². The molecule has 0 N–H and O–H groups in total. The normalized spacial score (nSPS) is 10.4. The zero-order valence-corrected chi connectivity index (χ0v) is 12.4. The molecule has 0 bridgehead atoms. The van der Waals surface area contributed by atoms with Crippen molar-refractivity contribution in [3.05, 3.63) is 51.0 Å². The Morgan fingerprint density at radius 1 is 1.28 bits per heavy atom. The van der Waals surface area contributed by atoms with E-state index in [4.69, 9.17) is 16.3 Å². The van der Waals surface area contributed by atoms with Crippen LogP contribution in [0.3, 0.4) is 0 Å². The topological polar surface area (TPSA) is 35.0 Å². The molecule has 1 heterocycles. The van der Waals surface area contributed by atoms with Crippen LogP contribution >= 0.6 is 27.5 Å². The number of nitrogens with zero attached hydrogens (tertiary/aromatic N) is 2. The van der Waals surface area contributed by atoms with E-state index in [1.54, 1.807) is 13.2 Å². The first kappa shape index (κ1) is 13.3. The molecule has 5 heteroatoms. The van der Waals surface area contributed by atoms with Gasteiger partial charge in [-0.25, -0.2) is 9.97 Å². The van der Waals surface area contributed by atoms with Gasteiger partial charge in [0.2, 0.25) is 0 Å². The van der Waals surface area contributed by atoms with Crippen LogP contribution in [-0.2, 0) is 6.42 Å². The van der Waals surface area contributed by atoms with E-state index in [9.17, 15) is 0 Å². The van der Waals surface area contributed by atoms with Crippen molar-refractivity contribution in [2.75, 3.05) is 7.11 Å². The minimum absolute atomic E-state index is 0.477. The molecular weight excluding hydrogens is 316 g/mol. The SMILES string of the molecule is COc1ccc(Cc2nc(C)cc(Cl)n2)cc1Br. The number of methoxy groups -OCH3 is 1. The third-order valence-corrected chi connectivity index (χ3v) is 3.26.